The maximum absolute atomic E-state index is 12.8. The predicted molar refractivity (Wildman–Crippen MR) is 96.7 cm³/mol. The Kier molecular flexibility index (Phi) is 4.42. The number of aromatic nitrogens is 3. The van der Waals surface area contributed by atoms with Gasteiger partial charge in [0.2, 0.25) is 0 Å². The summed E-state index contributed by atoms with van der Waals surface area (Å²) in [5.41, 5.74) is 4.42. The second-order valence-corrected chi connectivity index (χ2v) is 7.06. The van der Waals surface area contributed by atoms with Crippen LogP contribution in [0.3, 0.4) is 0 Å². The molecule has 0 bridgehead atoms. The van der Waals surface area contributed by atoms with E-state index in [0.717, 1.165) is 50.3 Å². The average Bonchev–Trinajstić information content (AvgIpc) is 3.32. The maximum Gasteiger partial charge on any atom is 0.257 e. The Labute approximate surface area is 148 Å². The van der Waals surface area contributed by atoms with Crippen LogP contribution >= 0.6 is 0 Å². The van der Waals surface area contributed by atoms with Crippen molar-refractivity contribution in [2.45, 2.75) is 45.1 Å². The summed E-state index contributed by atoms with van der Waals surface area (Å²) in [6.07, 6.45) is 8.59. The number of likely N-dealkylation sites (tertiary alicyclic amines) is 1. The number of hydrogen-bond acceptors (Lipinski definition) is 4. The molecule has 1 fully saturated rings. The monoisotopic (exact) mass is 339 g/mol. The Hall–Kier alpha value is -2.37. The zero-order valence-corrected chi connectivity index (χ0v) is 14.8. The van der Waals surface area contributed by atoms with Crippen molar-refractivity contribution < 1.29 is 4.79 Å². The molecule has 0 unspecified atom stereocenters. The molecule has 4 rings (SSSR count). The lowest BCUT2D eigenvalue weighted by Gasteiger charge is -2.23. The van der Waals surface area contributed by atoms with Gasteiger partial charge in [-0.1, -0.05) is 0 Å². The first-order valence-corrected chi connectivity index (χ1v) is 9.24. The fraction of sp³-hybridized carbons (Fsp3) is 0.526. The van der Waals surface area contributed by atoms with Crippen molar-refractivity contribution in [2.75, 3.05) is 25.0 Å². The number of amides is 1. The van der Waals surface area contributed by atoms with Crippen molar-refractivity contribution in [1.82, 2.24) is 20.1 Å². The van der Waals surface area contributed by atoms with Crippen LogP contribution in [0, 0.1) is 0 Å². The number of aromatic amines is 1. The van der Waals surface area contributed by atoms with Gasteiger partial charge in [0.15, 0.2) is 0 Å². The van der Waals surface area contributed by atoms with Gasteiger partial charge in [0.1, 0.15) is 5.82 Å². The highest BCUT2D eigenvalue weighted by Gasteiger charge is 2.25. The topological polar surface area (TPSA) is 65.1 Å². The molecule has 2 aliphatic rings. The number of carbonyl (C=O) groups excluding carboxylic acids is 1. The summed E-state index contributed by atoms with van der Waals surface area (Å²) in [4.78, 5) is 21.3. The minimum absolute atomic E-state index is 0.0940. The number of nitrogens with one attached hydrogen (secondary N) is 1. The van der Waals surface area contributed by atoms with Gasteiger partial charge in [-0.2, -0.15) is 5.10 Å². The lowest BCUT2D eigenvalue weighted by Crippen LogP contribution is -2.30. The number of anilines is 1. The second-order valence-electron chi connectivity index (χ2n) is 7.06. The van der Waals surface area contributed by atoms with Crippen LogP contribution in [0.1, 0.15) is 53.0 Å². The molecule has 3 heterocycles. The molecule has 1 N–H and O–H groups in total. The SMILES string of the molecule is CN(Cc1n[nH]c2c1CCCC2)c1ncccc1C(=O)N1CCCC1. The lowest BCUT2D eigenvalue weighted by atomic mass is 9.96. The van der Waals surface area contributed by atoms with E-state index in [1.807, 2.05) is 29.0 Å². The molecule has 25 heavy (non-hydrogen) atoms. The van der Waals surface area contributed by atoms with Crippen LogP contribution in [0.2, 0.25) is 0 Å². The van der Waals surface area contributed by atoms with Gasteiger partial charge in [-0.25, -0.2) is 4.98 Å². The molecule has 132 valence electrons. The third-order valence-corrected chi connectivity index (χ3v) is 5.30. The first kappa shape index (κ1) is 16.1. The number of hydrogen-bond donors (Lipinski definition) is 1. The van der Waals surface area contributed by atoms with Gasteiger partial charge in [0.05, 0.1) is 17.8 Å². The number of H-pyrrole nitrogens is 1. The van der Waals surface area contributed by atoms with E-state index in [4.69, 9.17) is 0 Å². The Morgan fingerprint density at radius 2 is 2.04 bits per heavy atom. The number of nitrogens with zero attached hydrogens (tertiary/aromatic N) is 4. The summed E-state index contributed by atoms with van der Waals surface area (Å²) in [7, 11) is 1.99. The maximum atomic E-state index is 12.8. The van der Waals surface area contributed by atoms with Gasteiger partial charge in [-0.15, -0.1) is 0 Å². The third kappa shape index (κ3) is 3.13. The molecule has 0 aromatic carbocycles. The first-order valence-electron chi connectivity index (χ1n) is 9.24. The van der Waals surface area contributed by atoms with Gasteiger partial charge >= 0.3 is 0 Å². The van der Waals surface area contributed by atoms with Crippen molar-refractivity contribution in [1.29, 1.82) is 0 Å². The average molecular weight is 339 g/mol. The van der Waals surface area contributed by atoms with Gasteiger partial charge < -0.3 is 9.80 Å². The molecule has 0 radical (unpaired) electrons. The number of rotatable bonds is 4. The Balaban J connectivity index is 1.57. The Bertz CT molecular complexity index is 763. The van der Waals surface area contributed by atoms with Gasteiger partial charge in [0, 0.05) is 32.0 Å². The number of pyridine rings is 1. The van der Waals surface area contributed by atoms with Crippen molar-refractivity contribution in [2.24, 2.45) is 0 Å². The van der Waals surface area contributed by atoms with Crippen LogP contribution in [0.4, 0.5) is 5.82 Å². The van der Waals surface area contributed by atoms with Crippen LogP contribution in [0.5, 0.6) is 0 Å². The fourth-order valence-corrected chi connectivity index (χ4v) is 3.94. The van der Waals surface area contributed by atoms with E-state index in [0.29, 0.717) is 12.1 Å². The molecule has 0 atom stereocenters. The Morgan fingerprint density at radius 1 is 1.24 bits per heavy atom. The molecule has 0 spiro atoms. The van der Waals surface area contributed by atoms with E-state index < -0.39 is 0 Å². The minimum atomic E-state index is 0.0940. The molecule has 1 amide bonds. The molecule has 1 aliphatic carbocycles. The quantitative estimate of drug-likeness (QED) is 0.930. The molecule has 2 aromatic heterocycles. The molecule has 0 saturated carbocycles. The normalized spacial score (nSPS) is 16.8. The highest BCUT2D eigenvalue weighted by Crippen LogP contribution is 2.26. The smallest absolute Gasteiger partial charge is 0.257 e. The third-order valence-electron chi connectivity index (χ3n) is 5.30. The van der Waals surface area contributed by atoms with Crippen molar-refractivity contribution in [3.8, 4) is 0 Å². The van der Waals surface area contributed by atoms with Crippen LogP contribution in [-0.4, -0.2) is 46.1 Å². The molecular weight excluding hydrogens is 314 g/mol. The molecule has 1 saturated heterocycles. The van der Waals surface area contributed by atoms with Crippen LogP contribution in [0.15, 0.2) is 18.3 Å². The van der Waals surface area contributed by atoms with Gasteiger partial charge in [0.25, 0.3) is 5.91 Å². The van der Waals surface area contributed by atoms with E-state index in [-0.39, 0.29) is 5.91 Å². The van der Waals surface area contributed by atoms with Crippen molar-refractivity contribution in [3.05, 3.63) is 40.8 Å². The van der Waals surface area contributed by atoms with Crippen LogP contribution in [0.25, 0.3) is 0 Å². The molecule has 6 nitrogen and oxygen atoms in total. The van der Waals surface area contributed by atoms with E-state index in [2.05, 4.69) is 15.2 Å². The van der Waals surface area contributed by atoms with E-state index in [1.165, 1.54) is 24.1 Å². The summed E-state index contributed by atoms with van der Waals surface area (Å²) >= 11 is 0. The van der Waals surface area contributed by atoms with E-state index >= 15 is 0 Å². The minimum Gasteiger partial charge on any atom is -0.353 e. The van der Waals surface area contributed by atoms with E-state index in [9.17, 15) is 4.79 Å². The summed E-state index contributed by atoms with van der Waals surface area (Å²) in [6.45, 7) is 2.37. The Morgan fingerprint density at radius 3 is 2.88 bits per heavy atom. The molecule has 6 heteroatoms. The predicted octanol–water partition coefficient (Wildman–Crippen LogP) is 2.56. The summed E-state index contributed by atoms with van der Waals surface area (Å²) in [5, 5.41) is 7.72. The standard InChI is InChI=1S/C19H25N5O/c1-23(13-17-14-7-2-3-9-16(14)21-22-17)18-15(8-6-10-20-18)19(25)24-11-4-5-12-24/h6,8,10H,2-5,7,9,11-13H2,1H3,(H,21,22). The van der Waals surface area contributed by atoms with Gasteiger partial charge in [-0.05, 0) is 56.2 Å². The van der Waals surface area contributed by atoms with E-state index in [1.54, 1.807) is 6.20 Å². The number of fused-ring (bicyclic) bond motifs is 1. The summed E-state index contributed by atoms with van der Waals surface area (Å²) in [5.74, 6) is 0.837. The molecule has 1 aliphatic heterocycles. The largest absolute Gasteiger partial charge is 0.353 e. The highest BCUT2D eigenvalue weighted by molar-refractivity contribution is 5.99. The van der Waals surface area contributed by atoms with Gasteiger partial charge in [-0.3, -0.25) is 9.89 Å². The zero-order chi connectivity index (χ0) is 17.2. The summed E-state index contributed by atoms with van der Waals surface area (Å²) in [6, 6.07) is 3.73. The number of carbonyl (C=O) groups is 1. The lowest BCUT2D eigenvalue weighted by molar-refractivity contribution is 0.0793. The first-order chi connectivity index (χ1) is 12.2. The molecular formula is C19H25N5O. The summed E-state index contributed by atoms with van der Waals surface area (Å²) < 4.78 is 0. The highest BCUT2D eigenvalue weighted by atomic mass is 16.2. The van der Waals surface area contributed by atoms with Crippen LogP contribution in [-0.2, 0) is 19.4 Å². The zero-order valence-electron chi connectivity index (χ0n) is 14.8. The molecule has 2 aromatic rings. The number of aryl methyl sites for hydroxylation is 1. The van der Waals surface area contributed by atoms with Crippen LogP contribution < -0.4 is 4.90 Å². The second kappa shape index (κ2) is 6.86. The fourth-order valence-electron chi connectivity index (χ4n) is 3.94. The van der Waals surface area contributed by atoms with Crippen molar-refractivity contribution in [3.63, 3.8) is 0 Å². The van der Waals surface area contributed by atoms with Crippen molar-refractivity contribution >= 4 is 11.7 Å².